The molecule has 2 heterocycles. The van der Waals surface area contributed by atoms with Crippen molar-refractivity contribution in [3.63, 3.8) is 0 Å². The Bertz CT molecular complexity index is 789. The largest absolute Gasteiger partial charge is 0.496 e. The van der Waals surface area contributed by atoms with Crippen LogP contribution in [0.1, 0.15) is 19.4 Å². The Morgan fingerprint density at radius 3 is 2.32 bits per heavy atom. The first kappa shape index (κ1) is 20.3. The molecule has 28 heavy (non-hydrogen) atoms. The van der Waals surface area contributed by atoms with Crippen molar-refractivity contribution in [2.45, 2.75) is 42.5 Å². The molecule has 0 aromatic heterocycles. The van der Waals surface area contributed by atoms with E-state index in [0.717, 1.165) is 0 Å². The third kappa shape index (κ3) is 3.28. The van der Waals surface area contributed by atoms with Crippen LogP contribution in [0.3, 0.4) is 0 Å². The lowest BCUT2D eigenvalue weighted by Gasteiger charge is -2.43. The van der Waals surface area contributed by atoms with Gasteiger partial charge in [-0.25, -0.2) is 4.79 Å². The standard InChI is InChI=1S/C19H24N2O6S/c1-19(2)15(18(24)27-5)21-16(23)14(17(21)28-19)20-13(22)9-10-11(25-3)7-6-8-12(10)26-4/h6-8,14-15,17H,9H2,1-5H3,(H,20,22)/t14?,15?,17-/m1/s1. The number of nitrogens with zero attached hydrogens (tertiary/aromatic N) is 1. The maximum atomic E-state index is 12.6. The molecule has 2 aliphatic heterocycles. The number of thioether (sulfide) groups is 1. The highest BCUT2D eigenvalue weighted by Crippen LogP contribution is 2.51. The zero-order chi connectivity index (χ0) is 20.6. The summed E-state index contributed by atoms with van der Waals surface area (Å²) < 4.78 is 15.0. The molecule has 152 valence electrons. The van der Waals surface area contributed by atoms with Crippen molar-refractivity contribution >= 4 is 29.5 Å². The molecule has 2 saturated heterocycles. The van der Waals surface area contributed by atoms with Gasteiger partial charge in [0, 0.05) is 10.3 Å². The topological polar surface area (TPSA) is 94.2 Å². The molecule has 1 aromatic carbocycles. The van der Waals surface area contributed by atoms with Gasteiger partial charge in [0.15, 0.2) is 0 Å². The van der Waals surface area contributed by atoms with E-state index >= 15 is 0 Å². The third-order valence-electron chi connectivity index (χ3n) is 5.05. The highest BCUT2D eigenvalue weighted by atomic mass is 32.2. The molecule has 9 heteroatoms. The van der Waals surface area contributed by atoms with E-state index < -0.39 is 22.8 Å². The van der Waals surface area contributed by atoms with Crippen LogP contribution in [0.15, 0.2) is 18.2 Å². The van der Waals surface area contributed by atoms with Gasteiger partial charge < -0.3 is 24.4 Å². The number of rotatable bonds is 6. The maximum Gasteiger partial charge on any atom is 0.330 e. The van der Waals surface area contributed by atoms with Crippen molar-refractivity contribution in [1.29, 1.82) is 0 Å². The fourth-order valence-corrected chi connectivity index (χ4v) is 5.35. The molecule has 0 radical (unpaired) electrons. The lowest BCUT2D eigenvalue weighted by molar-refractivity contribution is -0.162. The van der Waals surface area contributed by atoms with Crippen LogP contribution in [0.2, 0.25) is 0 Å². The minimum absolute atomic E-state index is 0.0121. The van der Waals surface area contributed by atoms with Crippen molar-refractivity contribution in [2.24, 2.45) is 0 Å². The van der Waals surface area contributed by atoms with Crippen LogP contribution in [-0.4, -0.2) is 66.2 Å². The van der Waals surface area contributed by atoms with Gasteiger partial charge in [-0.1, -0.05) is 6.07 Å². The van der Waals surface area contributed by atoms with Crippen LogP contribution in [0.4, 0.5) is 0 Å². The van der Waals surface area contributed by atoms with Gasteiger partial charge in [0.2, 0.25) is 11.8 Å². The Kier molecular flexibility index (Phi) is 5.47. The Hall–Kier alpha value is -2.42. The summed E-state index contributed by atoms with van der Waals surface area (Å²) in [6, 6.07) is 3.93. The quantitative estimate of drug-likeness (QED) is 0.554. The van der Waals surface area contributed by atoms with Gasteiger partial charge in [0.05, 0.1) is 27.8 Å². The second-order valence-electron chi connectivity index (χ2n) is 7.15. The molecule has 1 N–H and O–H groups in total. The van der Waals surface area contributed by atoms with Gasteiger partial charge in [-0.3, -0.25) is 9.59 Å². The summed E-state index contributed by atoms with van der Waals surface area (Å²) in [4.78, 5) is 38.9. The van der Waals surface area contributed by atoms with Gasteiger partial charge >= 0.3 is 5.97 Å². The average molecular weight is 408 g/mol. The van der Waals surface area contributed by atoms with Gasteiger partial charge in [0.25, 0.3) is 0 Å². The van der Waals surface area contributed by atoms with E-state index in [1.54, 1.807) is 18.2 Å². The molecule has 8 nitrogen and oxygen atoms in total. The summed E-state index contributed by atoms with van der Waals surface area (Å²) in [6.07, 6.45) is 0.0121. The number of benzene rings is 1. The molecular formula is C19H24N2O6S. The van der Waals surface area contributed by atoms with E-state index in [1.807, 2.05) is 13.8 Å². The molecule has 3 rings (SSSR count). The molecule has 0 saturated carbocycles. The van der Waals surface area contributed by atoms with Crippen LogP contribution in [0, 0.1) is 0 Å². The van der Waals surface area contributed by atoms with Crippen molar-refractivity contribution < 1.29 is 28.6 Å². The van der Waals surface area contributed by atoms with E-state index in [2.05, 4.69) is 5.32 Å². The number of nitrogens with one attached hydrogen (secondary N) is 1. The van der Waals surface area contributed by atoms with E-state index in [-0.39, 0.29) is 23.6 Å². The normalized spacial score (nSPS) is 24.8. The molecule has 2 fully saturated rings. The lowest BCUT2D eigenvalue weighted by Crippen LogP contribution is -2.70. The summed E-state index contributed by atoms with van der Waals surface area (Å²) in [5.74, 6) is 0.0350. The maximum absolute atomic E-state index is 12.6. The van der Waals surface area contributed by atoms with Crippen LogP contribution < -0.4 is 14.8 Å². The summed E-state index contributed by atoms with van der Waals surface area (Å²) in [5.41, 5.74) is 0.612. The number of esters is 1. The molecule has 2 amide bonds. The van der Waals surface area contributed by atoms with Crippen LogP contribution in [0.25, 0.3) is 0 Å². The summed E-state index contributed by atoms with van der Waals surface area (Å²) in [6.45, 7) is 3.78. The predicted molar refractivity (Wildman–Crippen MR) is 103 cm³/mol. The molecule has 2 aliphatic rings. The molecular weight excluding hydrogens is 384 g/mol. The van der Waals surface area contributed by atoms with Gasteiger partial charge in [0.1, 0.15) is 29.0 Å². The zero-order valence-electron chi connectivity index (χ0n) is 16.5. The number of hydrogen-bond donors (Lipinski definition) is 1. The van der Waals surface area contributed by atoms with Crippen molar-refractivity contribution in [1.82, 2.24) is 10.2 Å². The Balaban J connectivity index is 1.72. The Morgan fingerprint density at radius 2 is 1.79 bits per heavy atom. The smallest absolute Gasteiger partial charge is 0.330 e. The highest BCUT2D eigenvalue weighted by Gasteiger charge is 2.64. The van der Waals surface area contributed by atoms with Crippen LogP contribution in [-0.2, 0) is 25.5 Å². The van der Waals surface area contributed by atoms with E-state index in [1.165, 1.54) is 38.0 Å². The molecule has 1 aromatic rings. The number of β-lactam (4-membered cyclic amide) rings is 1. The van der Waals surface area contributed by atoms with E-state index in [9.17, 15) is 14.4 Å². The first-order chi connectivity index (χ1) is 13.2. The highest BCUT2D eigenvalue weighted by molar-refractivity contribution is 8.01. The number of hydrogen-bond acceptors (Lipinski definition) is 7. The van der Waals surface area contributed by atoms with E-state index in [0.29, 0.717) is 17.1 Å². The minimum Gasteiger partial charge on any atom is -0.496 e. The van der Waals surface area contributed by atoms with Gasteiger partial charge in [-0.15, -0.1) is 11.8 Å². The molecule has 3 atom stereocenters. The molecule has 0 spiro atoms. The first-order valence-corrected chi connectivity index (χ1v) is 9.70. The molecule has 2 unspecified atom stereocenters. The number of carbonyl (C=O) groups is 3. The van der Waals surface area contributed by atoms with Crippen molar-refractivity contribution in [3.8, 4) is 11.5 Å². The molecule has 0 bridgehead atoms. The van der Waals surface area contributed by atoms with Crippen LogP contribution >= 0.6 is 11.8 Å². The lowest BCUT2D eigenvalue weighted by atomic mass is 9.96. The first-order valence-electron chi connectivity index (χ1n) is 8.82. The number of fused-ring (bicyclic) bond motifs is 1. The van der Waals surface area contributed by atoms with Crippen molar-refractivity contribution in [2.75, 3.05) is 21.3 Å². The third-order valence-corrected chi connectivity index (χ3v) is 6.62. The second kappa shape index (κ2) is 7.54. The fourth-order valence-electron chi connectivity index (χ4n) is 3.73. The summed E-state index contributed by atoms with van der Waals surface area (Å²) in [7, 11) is 4.35. The average Bonchev–Trinajstić information content (AvgIpc) is 2.93. The molecule has 0 aliphatic carbocycles. The summed E-state index contributed by atoms with van der Waals surface area (Å²) >= 11 is 1.49. The van der Waals surface area contributed by atoms with Gasteiger partial charge in [-0.2, -0.15) is 0 Å². The summed E-state index contributed by atoms with van der Waals surface area (Å²) in [5, 5.41) is 2.49. The Morgan fingerprint density at radius 1 is 1.18 bits per heavy atom. The van der Waals surface area contributed by atoms with Crippen LogP contribution in [0.5, 0.6) is 11.5 Å². The second-order valence-corrected chi connectivity index (χ2v) is 8.92. The Labute approximate surface area is 167 Å². The SMILES string of the molecule is COC(=O)C1N2C(=O)C(NC(=O)Cc3c(OC)cccc3OC)[C@H]2SC1(C)C. The minimum atomic E-state index is -0.674. The predicted octanol–water partition coefficient (Wildman–Crippen LogP) is 0.966. The fraction of sp³-hybridized carbons (Fsp3) is 0.526. The zero-order valence-corrected chi connectivity index (χ0v) is 17.3. The van der Waals surface area contributed by atoms with Crippen molar-refractivity contribution in [3.05, 3.63) is 23.8 Å². The van der Waals surface area contributed by atoms with Gasteiger partial charge in [-0.05, 0) is 26.0 Å². The monoisotopic (exact) mass is 408 g/mol. The number of carbonyl (C=O) groups excluding carboxylic acids is 3. The number of ether oxygens (including phenoxy) is 3. The number of amides is 2. The van der Waals surface area contributed by atoms with E-state index in [4.69, 9.17) is 14.2 Å². The number of methoxy groups -OCH3 is 3.